The first-order chi connectivity index (χ1) is 6.24. The van der Waals surface area contributed by atoms with Crippen LogP contribution in [0.4, 0.5) is 13.2 Å². The Hall–Kier alpha value is -0.780. The molecule has 0 aromatic carbocycles. The lowest BCUT2D eigenvalue weighted by Crippen LogP contribution is -2.35. The fraction of sp³-hybridized carbons (Fsp3) is 0.875. The number of rotatable bonds is 5. The van der Waals surface area contributed by atoms with Crippen molar-refractivity contribution in [1.29, 1.82) is 0 Å². The van der Waals surface area contributed by atoms with Crippen LogP contribution in [0.25, 0.3) is 0 Å². The highest BCUT2D eigenvalue weighted by atomic mass is 19.4. The average Bonchev–Trinajstić information content (AvgIpc) is 2.00. The summed E-state index contributed by atoms with van der Waals surface area (Å²) in [6.07, 6.45) is -4.37. The lowest BCUT2D eigenvalue weighted by Gasteiger charge is -2.20. The van der Waals surface area contributed by atoms with E-state index in [-0.39, 0.29) is 6.61 Å². The molecule has 0 aromatic rings. The summed E-state index contributed by atoms with van der Waals surface area (Å²) in [5.74, 6) is -2.60. The van der Waals surface area contributed by atoms with Gasteiger partial charge in [0.25, 0.3) is 0 Å². The van der Waals surface area contributed by atoms with Crippen LogP contribution < -0.4 is 5.11 Å². The minimum Gasteiger partial charge on any atom is -0.550 e. The van der Waals surface area contributed by atoms with E-state index >= 15 is 0 Å². The van der Waals surface area contributed by atoms with Crippen LogP contribution in [-0.4, -0.2) is 25.4 Å². The first-order valence-electron chi connectivity index (χ1n) is 4.09. The van der Waals surface area contributed by atoms with E-state index in [4.69, 9.17) is 0 Å². The first kappa shape index (κ1) is 13.2. The zero-order valence-corrected chi connectivity index (χ0v) is 7.93. The Morgan fingerprint density at radius 1 is 1.43 bits per heavy atom. The quantitative estimate of drug-likeness (QED) is 0.671. The molecule has 0 aliphatic heterocycles. The average molecular weight is 213 g/mol. The molecule has 0 heterocycles. The van der Waals surface area contributed by atoms with Crippen molar-refractivity contribution in [3.05, 3.63) is 0 Å². The normalized spacial score (nSPS) is 16.4. The highest BCUT2D eigenvalue weighted by molar-refractivity contribution is 5.67. The second-order valence-electron chi connectivity index (χ2n) is 3.22. The smallest absolute Gasteiger partial charge is 0.411 e. The van der Waals surface area contributed by atoms with Gasteiger partial charge in [-0.2, -0.15) is 13.2 Å². The van der Waals surface area contributed by atoms with Crippen LogP contribution >= 0.6 is 0 Å². The lowest BCUT2D eigenvalue weighted by molar-refractivity contribution is -0.313. The number of carbonyl (C=O) groups is 1. The summed E-state index contributed by atoms with van der Waals surface area (Å²) in [6.45, 7) is 1.28. The highest BCUT2D eigenvalue weighted by Crippen LogP contribution is 2.16. The number of aliphatic carboxylic acids is 1. The fourth-order valence-electron chi connectivity index (χ4n) is 0.737. The standard InChI is InChI=1S/C8H13F3O3/c1-5(6(2)7(12)13)3-14-4-8(9,10)11/h5-6H,3-4H2,1-2H3,(H,12,13)/p-1. The molecule has 6 heteroatoms. The van der Waals surface area contributed by atoms with Crippen LogP contribution in [0, 0.1) is 11.8 Å². The second-order valence-corrected chi connectivity index (χ2v) is 3.22. The summed E-state index contributed by atoms with van der Waals surface area (Å²) in [4.78, 5) is 10.3. The van der Waals surface area contributed by atoms with Gasteiger partial charge in [-0.05, 0) is 5.92 Å². The van der Waals surface area contributed by atoms with Gasteiger partial charge in [-0.3, -0.25) is 0 Å². The Kier molecular flexibility index (Phi) is 4.90. The van der Waals surface area contributed by atoms with Crippen molar-refractivity contribution in [1.82, 2.24) is 0 Å². The maximum absolute atomic E-state index is 11.6. The number of hydrogen-bond donors (Lipinski definition) is 0. The van der Waals surface area contributed by atoms with Gasteiger partial charge in [-0.1, -0.05) is 13.8 Å². The molecule has 0 saturated carbocycles. The van der Waals surface area contributed by atoms with E-state index in [2.05, 4.69) is 4.74 Å². The molecule has 0 saturated heterocycles. The topological polar surface area (TPSA) is 49.4 Å². The predicted octanol–water partition coefficient (Wildman–Crippen LogP) is 0.587. The number of ether oxygens (including phenoxy) is 1. The van der Waals surface area contributed by atoms with Crippen molar-refractivity contribution in [2.45, 2.75) is 20.0 Å². The minimum atomic E-state index is -4.37. The molecule has 0 bridgehead atoms. The maximum atomic E-state index is 11.6. The van der Waals surface area contributed by atoms with Crippen LogP contribution in [-0.2, 0) is 9.53 Å². The van der Waals surface area contributed by atoms with Gasteiger partial charge in [0, 0.05) is 11.9 Å². The van der Waals surface area contributed by atoms with Gasteiger partial charge >= 0.3 is 6.18 Å². The molecule has 84 valence electrons. The van der Waals surface area contributed by atoms with Crippen molar-refractivity contribution < 1.29 is 27.8 Å². The zero-order valence-electron chi connectivity index (χ0n) is 7.93. The van der Waals surface area contributed by atoms with Crippen LogP contribution in [0.2, 0.25) is 0 Å². The van der Waals surface area contributed by atoms with Crippen molar-refractivity contribution >= 4 is 5.97 Å². The Labute approximate surface area is 79.9 Å². The summed E-state index contributed by atoms with van der Waals surface area (Å²) in [5, 5.41) is 10.3. The van der Waals surface area contributed by atoms with E-state index in [1.54, 1.807) is 0 Å². The summed E-state index contributed by atoms with van der Waals surface area (Å²) in [7, 11) is 0. The van der Waals surface area contributed by atoms with E-state index in [1.165, 1.54) is 13.8 Å². The molecule has 0 fully saturated rings. The molecule has 0 aliphatic carbocycles. The molecule has 0 aliphatic rings. The van der Waals surface area contributed by atoms with Crippen LogP contribution in [0.15, 0.2) is 0 Å². The van der Waals surface area contributed by atoms with Crippen LogP contribution in [0.5, 0.6) is 0 Å². The van der Waals surface area contributed by atoms with E-state index in [1.807, 2.05) is 0 Å². The maximum Gasteiger partial charge on any atom is 0.411 e. The number of carboxylic acid groups (broad SMARTS) is 1. The Morgan fingerprint density at radius 3 is 2.29 bits per heavy atom. The Balaban J connectivity index is 3.75. The molecule has 0 rings (SSSR count). The van der Waals surface area contributed by atoms with Crippen molar-refractivity contribution in [3.63, 3.8) is 0 Å². The third-order valence-electron chi connectivity index (χ3n) is 1.87. The van der Waals surface area contributed by atoms with Gasteiger partial charge in [0.2, 0.25) is 0 Å². The number of carbonyl (C=O) groups excluding carboxylic acids is 1. The van der Waals surface area contributed by atoms with Gasteiger partial charge in [-0.25, -0.2) is 0 Å². The second kappa shape index (κ2) is 5.19. The monoisotopic (exact) mass is 213 g/mol. The van der Waals surface area contributed by atoms with Crippen LogP contribution in [0.3, 0.4) is 0 Å². The minimum absolute atomic E-state index is 0.241. The van der Waals surface area contributed by atoms with Gasteiger partial charge in [0.1, 0.15) is 6.61 Å². The third kappa shape index (κ3) is 5.80. The van der Waals surface area contributed by atoms with Crippen molar-refractivity contribution in [2.24, 2.45) is 11.8 Å². The summed E-state index contributed by atoms with van der Waals surface area (Å²) in [6, 6.07) is 0. The molecule has 2 atom stereocenters. The largest absolute Gasteiger partial charge is 0.550 e. The van der Waals surface area contributed by atoms with Crippen molar-refractivity contribution in [2.75, 3.05) is 13.2 Å². The Bertz CT molecular complexity index is 191. The van der Waals surface area contributed by atoms with Gasteiger partial charge < -0.3 is 14.6 Å². The van der Waals surface area contributed by atoms with Gasteiger partial charge in [0.15, 0.2) is 0 Å². The molecule has 2 unspecified atom stereocenters. The molecule has 14 heavy (non-hydrogen) atoms. The predicted molar refractivity (Wildman–Crippen MR) is 40.2 cm³/mol. The zero-order chi connectivity index (χ0) is 11.4. The Morgan fingerprint density at radius 2 is 1.93 bits per heavy atom. The molecule has 0 N–H and O–H groups in total. The molecular weight excluding hydrogens is 201 g/mol. The number of carboxylic acids is 1. The highest BCUT2D eigenvalue weighted by Gasteiger charge is 2.28. The lowest BCUT2D eigenvalue weighted by atomic mass is 9.97. The van der Waals surface area contributed by atoms with Gasteiger partial charge in [-0.15, -0.1) is 0 Å². The number of alkyl halides is 3. The SMILES string of the molecule is CC(COCC(F)(F)F)C(C)C(=O)[O-]. The van der Waals surface area contributed by atoms with E-state index in [9.17, 15) is 23.1 Å². The third-order valence-corrected chi connectivity index (χ3v) is 1.87. The summed E-state index contributed by atoms with van der Waals surface area (Å²) in [5.41, 5.74) is 0. The van der Waals surface area contributed by atoms with E-state index in [0.29, 0.717) is 0 Å². The molecular formula is C8H12F3O3-. The summed E-state index contributed by atoms with van der Waals surface area (Å²) >= 11 is 0. The van der Waals surface area contributed by atoms with E-state index in [0.717, 1.165) is 0 Å². The van der Waals surface area contributed by atoms with Gasteiger partial charge in [0.05, 0.1) is 6.61 Å². The summed E-state index contributed by atoms with van der Waals surface area (Å²) < 4.78 is 39.2. The van der Waals surface area contributed by atoms with Crippen LogP contribution in [0.1, 0.15) is 13.8 Å². The molecule has 0 aromatic heterocycles. The van der Waals surface area contributed by atoms with Crippen molar-refractivity contribution in [3.8, 4) is 0 Å². The van der Waals surface area contributed by atoms with E-state index < -0.39 is 30.6 Å². The molecule has 0 spiro atoms. The molecule has 0 amide bonds. The molecule has 3 nitrogen and oxygen atoms in total. The number of hydrogen-bond acceptors (Lipinski definition) is 3. The fourth-order valence-corrected chi connectivity index (χ4v) is 0.737. The molecule has 0 radical (unpaired) electrons. The first-order valence-corrected chi connectivity index (χ1v) is 4.09. The number of halogens is 3.